The highest BCUT2D eigenvalue weighted by Crippen LogP contribution is 2.33. The smallest absolute Gasteiger partial charge is 0.354 e. The molecular weight excluding hydrogens is 420 g/mol. The number of carbonyl (C=O) groups is 1. The van der Waals surface area contributed by atoms with Crippen LogP contribution in [0.3, 0.4) is 0 Å². The molecule has 1 unspecified atom stereocenters. The van der Waals surface area contributed by atoms with Gasteiger partial charge in [0.25, 0.3) is 0 Å². The second-order valence-electron chi connectivity index (χ2n) is 8.86. The lowest BCUT2D eigenvalue weighted by Gasteiger charge is -2.29. The second-order valence-corrected chi connectivity index (χ2v) is 8.86. The van der Waals surface area contributed by atoms with Crippen LogP contribution < -0.4 is 10.2 Å². The zero-order valence-corrected chi connectivity index (χ0v) is 19.3. The lowest BCUT2D eigenvalue weighted by atomic mass is 9.91. The van der Waals surface area contributed by atoms with Crippen LogP contribution in [0.4, 0.5) is 11.5 Å². The van der Waals surface area contributed by atoms with Crippen molar-refractivity contribution in [3.63, 3.8) is 0 Å². The quantitative estimate of drug-likeness (QED) is 0.547. The van der Waals surface area contributed by atoms with E-state index in [0.29, 0.717) is 42.5 Å². The molecular formula is C25H32N4O4. The topological polar surface area (TPSA) is 108 Å². The maximum absolute atomic E-state index is 11.9. The number of ether oxygens (including phenoxy) is 2. The maximum atomic E-state index is 11.9. The molecule has 0 saturated carbocycles. The normalized spacial score (nSPS) is 18.9. The molecule has 8 nitrogen and oxygen atoms in total. The molecule has 0 spiro atoms. The van der Waals surface area contributed by atoms with Gasteiger partial charge < -0.3 is 30.2 Å². The van der Waals surface area contributed by atoms with E-state index in [1.165, 1.54) is 0 Å². The average Bonchev–Trinajstić information content (AvgIpc) is 2.84. The highest BCUT2D eigenvalue weighted by molar-refractivity contribution is 6.10. The number of rotatable bonds is 7. The minimum absolute atomic E-state index is 0.0329. The van der Waals surface area contributed by atoms with E-state index in [9.17, 15) is 9.90 Å². The van der Waals surface area contributed by atoms with Gasteiger partial charge in [-0.2, -0.15) is 0 Å². The van der Waals surface area contributed by atoms with Crippen molar-refractivity contribution in [2.24, 2.45) is 5.92 Å². The first-order chi connectivity index (χ1) is 15.9. The third kappa shape index (κ3) is 5.34. The molecule has 0 bridgehead atoms. The van der Waals surface area contributed by atoms with Gasteiger partial charge in [0.15, 0.2) is 5.69 Å². The molecule has 2 saturated heterocycles. The van der Waals surface area contributed by atoms with Crippen molar-refractivity contribution in [3.8, 4) is 11.1 Å². The number of nitrogens with one attached hydrogen (secondary N) is 2. The zero-order valence-electron chi connectivity index (χ0n) is 19.3. The van der Waals surface area contributed by atoms with Gasteiger partial charge in [-0.25, -0.2) is 9.78 Å². The molecule has 1 aromatic carbocycles. The number of carboxylic acids is 1. The van der Waals surface area contributed by atoms with E-state index in [1.54, 1.807) is 6.07 Å². The molecule has 176 valence electrons. The number of benzene rings is 1. The molecule has 2 aromatic rings. The summed E-state index contributed by atoms with van der Waals surface area (Å²) in [6.07, 6.45) is 1.85. The molecule has 3 heterocycles. The van der Waals surface area contributed by atoms with Crippen molar-refractivity contribution in [2.75, 3.05) is 49.7 Å². The van der Waals surface area contributed by atoms with E-state index in [0.717, 1.165) is 43.8 Å². The number of aromatic carboxylic acids is 1. The zero-order chi connectivity index (χ0) is 23.4. The summed E-state index contributed by atoms with van der Waals surface area (Å²) in [6, 6.07) is 9.71. The third-order valence-corrected chi connectivity index (χ3v) is 6.14. The van der Waals surface area contributed by atoms with E-state index in [1.807, 2.05) is 38.1 Å². The fourth-order valence-corrected chi connectivity index (χ4v) is 4.27. The molecule has 2 aliphatic rings. The Morgan fingerprint density at radius 2 is 1.91 bits per heavy atom. The van der Waals surface area contributed by atoms with Gasteiger partial charge in [0.2, 0.25) is 0 Å². The molecule has 0 radical (unpaired) electrons. The van der Waals surface area contributed by atoms with Crippen LogP contribution >= 0.6 is 0 Å². The molecule has 8 heteroatoms. The predicted octanol–water partition coefficient (Wildman–Crippen LogP) is 3.90. The highest BCUT2D eigenvalue weighted by Gasteiger charge is 2.25. The number of aromatic nitrogens is 1. The summed E-state index contributed by atoms with van der Waals surface area (Å²) >= 11 is 0. The van der Waals surface area contributed by atoms with Gasteiger partial charge in [-0.3, -0.25) is 0 Å². The average molecular weight is 453 g/mol. The number of anilines is 2. The number of pyridine rings is 1. The number of morpholine rings is 1. The fourth-order valence-electron chi connectivity index (χ4n) is 4.27. The number of nitrogens with zero attached hydrogens (tertiary/aromatic N) is 2. The van der Waals surface area contributed by atoms with Crippen LogP contribution in [0, 0.1) is 11.3 Å². The Hall–Kier alpha value is -2.97. The van der Waals surface area contributed by atoms with Crippen LogP contribution in [0.1, 0.15) is 42.7 Å². The van der Waals surface area contributed by atoms with Gasteiger partial charge in [0, 0.05) is 36.7 Å². The summed E-state index contributed by atoms with van der Waals surface area (Å²) in [7, 11) is 0. The van der Waals surface area contributed by atoms with Gasteiger partial charge in [-0.1, -0.05) is 26.0 Å². The number of hydrogen-bond acceptors (Lipinski definition) is 7. The van der Waals surface area contributed by atoms with E-state index in [2.05, 4.69) is 15.2 Å². The molecule has 1 aromatic heterocycles. The van der Waals surface area contributed by atoms with Crippen molar-refractivity contribution in [3.05, 3.63) is 41.6 Å². The Bertz CT molecular complexity index is 994. The Balaban J connectivity index is 1.77. The van der Waals surface area contributed by atoms with Crippen LogP contribution in [0.2, 0.25) is 0 Å². The van der Waals surface area contributed by atoms with Gasteiger partial charge in [-0.05, 0) is 48.1 Å². The Labute approximate surface area is 194 Å². The summed E-state index contributed by atoms with van der Waals surface area (Å²) in [5, 5.41) is 22.0. The van der Waals surface area contributed by atoms with Crippen molar-refractivity contribution in [1.82, 2.24) is 4.98 Å². The van der Waals surface area contributed by atoms with Crippen LogP contribution in [0.15, 0.2) is 30.3 Å². The lowest BCUT2D eigenvalue weighted by molar-refractivity contribution is 0.0690. The minimum Gasteiger partial charge on any atom is -0.477 e. The van der Waals surface area contributed by atoms with Crippen molar-refractivity contribution >= 4 is 23.2 Å². The van der Waals surface area contributed by atoms with Gasteiger partial charge in [0.1, 0.15) is 5.82 Å². The van der Waals surface area contributed by atoms with Crippen LogP contribution in [-0.2, 0) is 9.47 Å². The molecule has 4 rings (SSSR count). The summed E-state index contributed by atoms with van der Waals surface area (Å²) in [4.78, 5) is 18.6. The van der Waals surface area contributed by atoms with Gasteiger partial charge >= 0.3 is 5.97 Å². The predicted molar refractivity (Wildman–Crippen MR) is 129 cm³/mol. The largest absolute Gasteiger partial charge is 0.477 e. The first-order valence-electron chi connectivity index (χ1n) is 11.6. The molecule has 2 aliphatic heterocycles. The Morgan fingerprint density at radius 3 is 2.52 bits per heavy atom. The fraction of sp³-hybridized carbons (Fsp3) is 0.480. The summed E-state index contributed by atoms with van der Waals surface area (Å²) < 4.78 is 11.0. The van der Waals surface area contributed by atoms with Crippen LogP contribution in [0.25, 0.3) is 11.1 Å². The van der Waals surface area contributed by atoms with Gasteiger partial charge in [-0.15, -0.1) is 0 Å². The third-order valence-electron chi connectivity index (χ3n) is 6.14. The highest BCUT2D eigenvalue weighted by atomic mass is 16.5. The summed E-state index contributed by atoms with van der Waals surface area (Å²) in [5.41, 5.74) is 3.70. The minimum atomic E-state index is -1.09. The summed E-state index contributed by atoms with van der Waals surface area (Å²) in [6.45, 7) is 8.32. The van der Waals surface area contributed by atoms with Crippen LogP contribution in [-0.4, -0.2) is 67.3 Å². The molecule has 33 heavy (non-hydrogen) atoms. The second kappa shape index (κ2) is 10.3. The first kappa shape index (κ1) is 23.2. The van der Waals surface area contributed by atoms with E-state index in [4.69, 9.17) is 14.9 Å². The number of hydrogen-bond donors (Lipinski definition) is 3. The van der Waals surface area contributed by atoms with Crippen molar-refractivity contribution in [1.29, 1.82) is 5.41 Å². The van der Waals surface area contributed by atoms with E-state index in [-0.39, 0.29) is 17.7 Å². The SMILES string of the molecule is CC(C)C(=N)c1c(-c2ccc(N3CCOCC3)cc2)cc(C(=O)O)nc1NC1CCCOC1. The lowest BCUT2D eigenvalue weighted by Crippen LogP contribution is -2.36. The number of carboxylic acid groups (broad SMARTS) is 1. The summed E-state index contributed by atoms with van der Waals surface area (Å²) in [5.74, 6) is -0.694. The molecule has 0 amide bonds. The molecule has 2 fully saturated rings. The Morgan fingerprint density at radius 1 is 1.18 bits per heavy atom. The van der Waals surface area contributed by atoms with Crippen molar-refractivity contribution < 1.29 is 19.4 Å². The monoisotopic (exact) mass is 452 g/mol. The van der Waals surface area contributed by atoms with E-state index >= 15 is 0 Å². The van der Waals surface area contributed by atoms with Gasteiger partial charge in [0.05, 0.1) is 25.9 Å². The van der Waals surface area contributed by atoms with Crippen molar-refractivity contribution in [2.45, 2.75) is 32.7 Å². The molecule has 1 atom stereocenters. The molecule has 3 N–H and O–H groups in total. The first-order valence-corrected chi connectivity index (χ1v) is 11.6. The van der Waals surface area contributed by atoms with E-state index < -0.39 is 5.97 Å². The molecule has 0 aliphatic carbocycles. The van der Waals surface area contributed by atoms with Crippen LogP contribution in [0.5, 0.6) is 0 Å². The maximum Gasteiger partial charge on any atom is 0.354 e. The Kier molecular flexibility index (Phi) is 7.25. The standard InChI is InChI=1S/C25H32N4O4/c1-16(2)23(26)22-20(17-5-7-19(8-6-17)29-9-12-32-13-10-29)14-21(25(30)31)28-24(22)27-18-4-3-11-33-15-18/h5-8,14,16,18,26H,3-4,9-13,15H2,1-2H3,(H,27,28)(H,30,31).